The van der Waals surface area contributed by atoms with Crippen LogP contribution in [0.4, 0.5) is 5.69 Å². The number of anilines is 1. The number of amides is 1. The van der Waals surface area contributed by atoms with Crippen molar-refractivity contribution >= 4 is 21.6 Å². The van der Waals surface area contributed by atoms with Crippen molar-refractivity contribution in [1.82, 2.24) is 4.90 Å². The lowest BCUT2D eigenvalue weighted by molar-refractivity contribution is -0.129. The number of methoxy groups -OCH3 is 2. The van der Waals surface area contributed by atoms with Crippen LogP contribution in [0.25, 0.3) is 0 Å². The maximum atomic E-state index is 12.8. The van der Waals surface area contributed by atoms with Crippen LogP contribution in [-0.4, -0.2) is 40.0 Å². The van der Waals surface area contributed by atoms with Crippen LogP contribution in [0, 0.1) is 0 Å². The summed E-state index contributed by atoms with van der Waals surface area (Å²) in [5.41, 5.74) is 2.23. The quantitative estimate of drug-likeness (QED) is 0.847. The molecule has 0 aliphatic carbocycles. The summed E-state index contributed by atoms with van der Waals surface area (Å²) in [7, 11) is -0.827. The van der Waals surface area contributed by atoms with Crippen LogP contribution in [0.15, 0.2) is 41.3 Å². The molecule has 0 atom stereocenters. The number of nitrogens with one attached hydrogen (secondary N) is 1. The molecule has 1 amide bonds. The standard InChI is InChI=1S/C19H22N2O5S/c1-13(22)21-9-8-14-4-6-17(10-15(14)12-21)27(23,24)20-18-7-5-16(25-2)11-19(18)26-3/h4-7,10-11,20H,8-9,12H2,1-3H3. The lowest BCUT2D eigenvalue weighted by Crippen LogP contribution is -2.34. The summed E-state index contributed by atoms with van der Waals surface area (Å²) in [6.45, 7) is 2.58. The highest BCUT2D eigenvalue weighted by molar-refractivity contribution is 7.92. The van der Waals surface area contributed by atoms with E-state index in [0.717, 1.165) is 17.5 Å². The van der Waals surface area contributed by atoms with E-state index in [0.29, 0.717) is 30.3 Å². The molecule has 8 heteroatoms. The first kappa shape index (κ1) is 19.0. The van der Waals surface area contributed by atoms with Gasteiger partial charge in [-0.1, -0.05) is 6.07 Å². The maximum absolute atomic E-state index is 12.8. The van der Waals surface area contributed by atoms with E-state index in [9.17, 15) is 13.2 Å². The van der Waals surface area contributed by atoms with Crippen molar-refractivity contribution in [2.24, 2.45) is 0 Å². The molecule has 1 heterocycles. The van der Waals surface area contributed by atoms with Gasteiger partial charge in [-0.2, -0.15) is 0 Å². The Bertz CT molecular complexity index is 972. The molecule has 0 bridgehead atoms. The molecule has 3 rings (SSSR count). The van der Waals surface area contributed by atoms with Crippen LogP contribution < -0.4 is 14.2 Å². The summed E-state index contributed by atoms with van der Waals surface area (Å²) < 4.78 is 38.6. The third-order valence-corrected chi connectivity index (χ3v) is 5.96. The second kappa shape index (κ2) is 7.48. The zero-order valence-electron chi connectivity index (χ0n) is 15.5. The van der Waals surface area contributed by atoms with Crippen molar-refractivity contribution in [2.75, 3.05) is 25.5 Å². The Kier molecular flexibility index (Phi) is 5.27. The number of hydrogen-bond donors (Lipinski definition) is 1. The van der Waals surface area contributed by atoms with E-state index in [-0.39, 0.29) is 10.8 Å². The predicted molar refractivity (Wildman–Crippen MR) is 102 cm³/mol. The number of benzene rings is 2. The van der Waals surface area contributed by atoms with Gasteiger partial charge in [0.05, 0.1) is 24.8 Å². The molecule has 1 N–H and O–H groups in total. The van der Waals surface area contributed by atoms with Gasteiger partial charge in [0.1, 0.15) is 11.5 Å². The van der Waals surface area contributed by atoms with E-state index in [2.05, 4.69) is 4.72 Å². The first-order valence-corrected chi connectivity index (χ1v) is 9.94. The molecule has 0 fully saturated rings. The third-order valence-electron chi connectivity index (χ3n) is 4.60. The molecule has 2 aromatic rings. The first-order valence-electron chi connectivity index (χ1n) is 8.46. The fraction of sp³-hybridized carbons (Fsp3) is 0.316. The molecule has 0 saturated heterocycles. The van der Waals surface area contributed by atoms with E-state index in [1.807, 2.05) is 6.07 Å². The number of fused-ring (bicyclic) bond motifs is 1. The number of rotatable bonds is 5. The number of carbonyl (C=O) groups is 1. The van der Waals surface area contributed by atoms with E-state index in [1.165, 1.54) is 21.1 Å². The summed E-state index contributed by atoms with van der Waals surface area (Å²) in [5, 5.41) is 0. The number of carbonyl (C=O) groups excluding carboxylic acids is 1. The van der Waals surface area contributed by atoms with Gasteiger partial charge in [-0.25, -0.2) is 8.42 Å². The molecular formula is C19H22N2O5S. The van der Waals surface area contributed by atoms with Gasteiger partial charge < -0.3 is 14.4 Å². The average molecular weight is 390 g/mol. The van der Waals surface area contributed by atoms with Crippen molar-refractivity contribution in [1.29, 1.82) is 0 Å². The van der Waals surface area contributed by atoms with Crippen LogP contribution in [-0.2, 0) is 27.8 Å². The summed E-state index contributed by atoms with van der Waals surface area (Å²) in [6, 6.07) is 9.87. The second-order valence-electron chi connectivity index (χ2n) is 6.29. The molecule has 0 saturated carbocycles. The minimum atomic E-state index is -3.81. The van der Waals surface area contributed by atoms with Crippen LogP contribution in [0.1, 0.15) is 18.1 Å². The van der Waals surface area contributed by atoms with E-state index in [1.54, 1.807) is 35.2 Å². The van der Waals surface area contributed by atoms with Crippen molar-refractivity contribution in [3.05, 3.63) is 47.5 Å². The smallest absolute Gasteiger partial charge is 0.262 e. The van der Waals surface area contributed by atoms with Gasteiger partial charge in [0.15, 0.2) is 0 Å². The van der Waals surface area contributed by atoms with Gasteiger partial charge >= 0.3 is 0 Å². The number of sulfonamides is 1. The van der Waals surface area contributed by atoms with Gasteiger partial charge in [0.25, 0.3) is 10.0 Å². The van der Waals surface area contributed by atoms with Gasteiger partial charge in [-0.3, -0.25) is 9.52 Å². The second-order valence-corrected chi connectivity index (χ2v) is 7.98. The zero-order valence-corrected chi connectivity index (χ0v) is 16.3. The molecule has 0 spiro atoms. The predicted octanol–water partition coefficient (Wildman–Crippen LogP) is 2.41. The van der Waals surface area contributed by atoms with Gasteiger partial charge in [0.2, 0.25) is 5.91 Å². The third kappa shape index (κ3) is 4.00. The van der Waals surface area contributed by atoms with Crippen LogP contribution in [0.2, 0.25) is 0 Å². The molecule has 0 radical (unpaired) electrons. The molecule has 2 aromatic carbocycles. The first-order chi connectivity index (χ1) is 12.8. The lowest BCUT2D eigenvalue weighted by atomic mass is 10.00. The number of nitrogens with zero attached hydrogens (tertiary/aromatic N) is 1. The molecule has 0 aromatic heterocycles. The molecule has 27 heavy (non-hydrogen) atoms. The molecule has 144 valence electrons. The summed E-state index contributed by atoms with van der Waals surface area (Å²) in [5.74, 6) is 0.904. The Labute approximate surface area is 158 Å². The van der Waals surface area contributed by atoms with Crippen molar-refractivity contribution in [2.45, 2.75) is 24.8 Å². The van der Waals surface area contributed by atoms with Crippen LogP contribution in [0.3, 0.4) is 0 Å². The Hall–Kier alpha value is -2.74. The number of hydrogen-bond acceptors (Lipinski definition) is 5. The summed E-state index contributed by atoms with van der Waals surface area (Å²) >= 11 is 0. The SMILES string of the molecule is COc1ccc(NS(=O)(=O)c2ccc3c(c2)CN(C(C)=O)CC3)c(OC)c1. The minimum Gasteiger partial charge on any atom is -0.497 e. The van der Waals surface area contributed by atoms with Crippen LogP contribution in [0.5, 0.6) is 11.5 Å². The fourth-order valence-corrected chi connectivity index (χ4v) is 4.18. The van der Waals surface area contributed by atoms with Crippen molar-refractivity contribution in [3.8, 4) is 11.5 Å². The molecule has 0 unspecified atom stereocenters. The highest BCUT2D eigenvalue weighted by Gasteiger charge is 2.22. The molecule has 1 aliphatic heterocycles. The number of ether oxygens (including phenoxy) is 2. The van der Waals surface area contributed by atoms with E-state index < -0.39 is 10.0 Å². The summed E-state index contributed by atoms with van der Waals surface area (Å²) in [6.07, 6.45) is 0.717. The van der Waals surface area contributed by atoms with Crippen LogP contribution >= 0.6 is 0 Å². The minimum absolute atomic E-state index is 0.0185. The highest BCUT2D eigenvalue weighted by atomic mass is 32.2. The van der Waals surface area contributed by atoms with Gasteiger partial charge in [-0.05, 0) is 41.8 Å². The molecule has 7 nitrogen and oxygen atoms in total. The highest BCUT2D eigenvalue weighted by Crippen LogP contribution is 2.31. The Morgan fingerprint density at radius 1 is 1.07 bits per heavy atom. The Morgan fingerprint density at radius 3 is 2.52 bits per heavy atom. The Morgan fingerprint density at radius 2 is 1.85 bits per heavy atom. The summed E-state index contributed by atoms with van der Waals surface area (Å²) in [4.78, 5) is 13.5. The van der Waals surface area contributed by atoms with Crippen molar-refractivity contribution in [3.63, 3.8) is 0 Å². The Balaban J connectivity index is 1.90. The zero-order chi connectivity index (χ0) is 19.6. The topological polar surface area (TPSA) is 84.9 Å². The van der Waals surface area contributed by atoms with Gasteiger partial charge in [-0.15, -0.1) is 0 Å². The molecular weight excluding hydrogens is 368 g/mol. The van der Waals surface area contributed by atoms with Gasteiger partial charge in [0, 0.05) is 26.1 Å². The van der Waals surface area contributed by atoms with E-state index in [4.69, 9.17) is 9.47 Å². The lowest BCUT2D eigenvalue weighted by Gasteiger charge is -2.28. The molecule has 1 aliphatic rings. The average Bonchev–Trinajstić information content (AvgIpc) is 2.67. The van der Waals surface area contributed by atoms with E-state index >= 15 is 0 Å². The monoisotopic (exact) mass is 390 g/mol. The normalized spacial score (nSPS) is 13.7. The van der Waals surface area contributed by atoms with Crippen molar-refractivity contribution < 1.29 is 22.7 Å². The maximum Gasteiger partial charge on any atom is 0.262 e. The fourth-order valence-electron chi connectivity index (χ4n) is 3.06. The largest absolute Gasteiger partial charge is 0.497 e.